The van der Waals surface area contributed by atoms with Crippen LogP contribution in [0.4, 0.5) is 4.39 Å². The lowest BCUT2D eigenvalue weighted by Gasteiger charge is -2.36. The van der Waals surface area contributed by atoms with Crippen LogP contribution in [0.15, 0.2) is 12.3 Å². The van der Waals surface area contributed by atoms with Gasteiger partial charge in [-0.3, -0.25) is 4.79 Å². The molecule has 18 heavy (non-hydrogen) atoms. The highest BCUT2D eigenvalue weighted by atomic mass is 35.5. The standard InChI is InChI=1S/C13H16ClFN2O/c1-13(2)3-5-17(6-4-13)12(18)9-7-10(15)11(14)16-8-9/h7-8H,3-6H2,1-2H3. The maximum atomic E-state index is 13.3. The number of rotatable bonds is 1. The minimum atomic E-state index is -0.653. The summed E-state index contributed by atoms with van der Waals surface area (Å²) in [6.07, 6.45) is 3.25. The number of carbonyl (C=O) groups is 1. The molecular formula is C13H16ClFN2O. The molecule has 0 bridgehead atoms. The van der Waals surface area contributed by atoms with E-state index in [2.05, 4.69) is 18.8 Å². The van der Waals surface area contributed by atoms with Crippen LogP contribution in [0, 0.1) is 11.2 Å². The van der Waals surface area contributed by atoms with E-state index in [-0.39, 0.29) is 22.0 Å². The van der Waals surface area contributed by atoms with Gasteiger partial charge in [0, 0.05) is 19.3 Å². The summed E-state index contributed by atoms with van der Waals surface area (Å²) in [4.78, 5) is 17.6. The van der Waals surface area contributed by atoms with E-state index >= 15 is 0 Å². The largest absolute Gasteiger partial charge is 0.339 e. The van der Waals surface area contributed by atoms with Crippen molar-refractivity contribution in [2.45, 2.75) is 26.7 Å². The van der Waals surface area contributed by atoms with Crippen LogP contribution >= 0.6 is 11.6 Å². The Kier molecular flexibility index (Phi) is 3.57. The number of amides is 1. The van der Waals surface area contributed by atoms with Gasteiger partial charge in [0.15, 0.2) is 11.0 Å². The zero-order chi connectivity index (χ0) is 13.3. The van der Waals surface area contributed by atoms with E-state index < -0.39 is 5.82 Å². The Morgan fingerprint density at radius 1 is 1.44 bits per heavy atom. The fraction of sp³-hybridized carbons (Fsp3) is 0.538. The molecule has 0 aromatic carbocycles. The van der Waals surface area contributed by atoms with E-state index in [4.69, 9.17) is 11.6 Å². The molecule has 1 aliphatic heterocycles. The van der Waals surface area contributed by atoms with Crippen molar-refractivity contribution in [3.05, 3.63) is 28.8 Å². The summed E-state index contributed by atoms with van der Waals surface area (Å²) in [5.74, 6) is -0.826. The van der Waals surface area contributed by atoms with E-state index in [1.807, 2.05) is 0 Å². The van der Waals surface area contributed by atoms with Crippen LogP contribution in [0.5, 0.6) is 0 Å². The first-order chi connectivity index (χ1) is 8.39. The molecule has 0 saturated carbocycles. The minimum absolute atomic E-state index is 0.173. The lowest BCUT2D eigenvalue weighted by Crippen LogP contribution is -2.41. The van der Waals surface area contributed by atoms with Gasteiger partial charge in [-0.15, -0.1) is 0 Å². The SMILES string of the molecule is CC1(C)CCN(C(=O)c2cnc(Cl)c(F)c2)CC1. The van der Waals surface area contributed by atoms with E-state index in [0.29, 0.717) is 13.1 Å². The summed E-state index contributed by atoms with van der Waals surface area (Å²) in [5, 5.41) is -0.202. The maximum Gasteiger partial charge on any atom is 0.255 e. The second kappa shape index (κ2) is 4.84. The topological polar surface area (TPSA) is 33.2 Å². The number of carbonyl (C=O) groups excluding carboxylic acids is 1. The second-order valence-corrected chi connectivity index (χ2v) is 5.81. The molecular weight excluding hydrogens is 255 g/mol. The maximum absolute atomic E-state index is 13.3. The summed E-state index contributed by atoms with van der Waals surface area (Å²) in [6.45, 7) is 5.79. The Hall–Kier alpha value is -1.16. The molecule has 1 aromatic heterocycles. The number of nitrogens with zero attached hydrogens (tertiary/aromatic N) is 2. The predicted octanol–water partition coefficient (Wildman–Crippen LogP) is 3.14. The van der Waals surface area contributed by atoms with Crippen molar-refractivity contribution in [2.24, 2.45) is 5.41 Å². The molecule has 3 nitrogen and oxygen atoms in total. The molecule has 0 spiro atoms. The number of pyridine rings is 1. The van der Waals surface area contributed by atoms with Crippen molar-refractivity contribution in [3.63, 3.8) is 0 Å². The van der Waals surface area contributed by atoms with Gasteiger partial charge in [0.1, 0.15) is 0 Å². The first kappa shape index (κ1) is 13.3. The third-order valence-electron chi connectivity index (χ3n) is 3.45. The highest BCUT2D eigenvalue weighted by Crippen LogP contribution is 2.30. The highest BCUT2D eigenvalue weighted by Gasteiger charge is 2.28. The summed E-state index contributed by atoms with van der Waals surface area (Å²) in [5.41, 5.74) is 0.539. The Morgan fingerprint density at radius 2 is 2.06 bits per heavy atom. The summed E-state index contributed by atoms with van der Waals surface area (Å²) >= 11 is 5.50. The summed E-state index contributed by atoms with van der Waals surface area (Å²) < 4.78 is 13.3. The molecule has 0 aliphatic carbocycles. The third-order valence-corrected chi connectivity index (χ3v) is 3.73. The minimum Gasteiger partial charge on any atom is -0.339 e. The van der Waals surface area contributed by atoms with Crippen molar-refractivity contribution < 1.29 is 9.18 Å². The lowest BCUT2D eigenvalue weighted by molar-refractivity contribution is 0.0629. The molecule has 1 fully saturated rings. The number of aromatic nitrogens is 1. The zero-order valence-corrected chi connectivity index (χ0v) is 11.3. The predicted molar refractivity (Wildman–Crippen MR) is 68.1 cm³/mol. The Labute approximate surface area is 111 Å². The van der Waals surface area contributed by atoms with E-state index in [9.17, 15) is 9.18 Å². The van der Waals surface area contributed by atoms with E-state index in [1.54, 1.807) is 4.90 Å². The van der Waals surface area contributed by atoms with Crippen LogP contribution < -0.4 is 0 Å². The van der Waals surface area contributed by atoms with Crippen molar-refractivity contribution in [2.75, 3.05) is 13.1 Å². The number of halogens is 2. The van der Waals surface area contributed by atoms with Crippen LogP contribution in [0.2, 0.25) is 5.15 Å². The number of piperidine rings is 1. The van der Waals surface area contributed by atoms with Crippen LogP contribution in [0.1, 0.15) is 37.0 Å². The molecule has 1 aromatic rings. The second-order valence-electron chi connectivity index (χ2n) is 5.45. The molecule has 0 N–H and O–H groups in total. The van der Waals surface area contributed by atoms with Gasteiger partial charge in [-0.05, 0) is 24.3 Å². The average molecular weight is 271 g/mol. The third kappa shape index (κ3) is 2.80. The van der Waals surface area contributed by atoms with Crippen molar-refractivity contribution in [3.8, 4) is 0 Å². The Bertz CT molecular complexity index is 466. The van der Waals surface area contributed by atoms with Crippen LogP contribution in [0.3, 0.4) is 0 Å². The fourth-order valence-corrected chi connectivity index (χ4v) is 2.14. The smallest absolute Gasteiger partial charge is 0.255 e. The van der Waals surface area contributed by atoms with Crippen molar-refractivity contribution in [1.29, 1.82) is 0 Å². The first-order valence-electron chi connectivity index (χ1n) is 5.99. The van der Waals surface area contributed by atoms with Crippen LogP contribution in [0.25, 0.3) is 0 Å². The molecule has 0 atom stereocenters. The molecule has 2 heterocycles. The number of hydrogen-bond acceptors (Lipinski definition) is 2. The van der Waals surface area contributed by atoms with Gasteiger partial charge in [-0.25, -0.2) is 9.37 Å². The molecule has 2 rings (SSSR count). The fourth-order valence-electron chi connectivity index (χ4n) is 2.04. The van der Waals surface area contributed by atoms with Crippen molar-refractivity contribution >= 4 is 17.5 Å². The van der Waals surface area contributed by atoms with Gasteiger partial charge in [0.25, 0.3) is 5.91 Å². The van der Waals surface area contributed by atoms with Gasteiger partial charge >= 0.3 is 0 Å². The molecule has 1 amide bonds. The Balaban J connectivity index is 2.10. The molecule has 5 heteroatoms. The monoisotopic (exact) mass is 270 g/mol. The quantitative estimate of drug-likeness (QED) is 0.735. The summed E-state index contributed by atoms with van der Waals surface area (Å²) in [7, 11) is 0. The number of likely N-dealkylation sites (tertiary alicyclic amines) is 1. The highest BCUT2D eigenvalue weighted by molar-refractivity contribution is 6.29. The molecule has 0 radical (unpaired) electrons. The van der Waals surface area contributed by atoms with Gasteiger partial charge in [-0.1, -0.05) is 25.4 Å². The zero-order valence-electron chi connectivity index (χ0n) is 10.5. The molecule has 1 saturated heterocycles. The van der Waals surface area contributed by atoms with Gasteiger partial charge in [0.05, 0.1) is 5.56 Å². The van der Waals surface area contributed by atoms with Crippen LogP contribution in [-0.2, 0) is 0 Å². The first-order valence-corrected chi connectivity index (χ1v) is 6.37. The average Bonchev–Trinajstić information content (AvgIpc) is 2.32. The molecule has 0 unspecified atom stereocenters. The van der Waals surface area contributed by atoms with E-state index in [0.717, 1.165) is 18.9 Å². The van der Waals surface area contributed by atoms with Gasteiger partial charge < -0.3 is 4.90 Å². The van der Waals surface area contributed by atoms with Gasteiger partial charge in [-0.2, -0.15) is 0 Å². The normalized spacial score (nSPS) is 18.8. The van der Waals surface area contributed by atoms with Gasteiger partial charge in [0.2, 0.25) is 0 Å². The Morgan fingerprint density at radius 3 is 2.61 bits per heavy atom. The molecule has 1 aliphatic rings. The van der Waals surface area contributed by atoms with Crippen LogP contribution in [-0.4, -0.2) is 28.9 Å². The lowest BCUT2D eigenvalue weighted by atomic mass is 9.82. The molecule has 98 valence electrons. The summed E-state index contributed by atoms with van der Waals surface area (Å²) in [6, 6.07) is 1.15. The van der Waals surface area contributed by atoms with Crippen molar-refractivity contribution in [1.82, 2.24) is 9.88 Å². The van der Waals surface area contributed by atoms with E-state index in [1.165, 1.54) is 6.20 Å². The number of hydrogen-bond donors (Lipinski definition) is 0.